The molecule has 0 saturated heterocycles. The molecule has 0 atom stereocenters. The summed E-state index contributed by atoms with van der Waals surface area (Å²) < 4.78 is 15.2. The van der Waals surface area contributed by atoms with Crippen LogP contribution in [0.4, 0.5) is 5.00 Å². The van der Waals surface area contributed by atoms with E-state index >= 15 is 0 Å². The van der Waals surface area contributed by atoms with E-state index in [1.165, 1.54) is 31.6 Å². The normalized spacial score (nSPS) is 16.1. The number of rotatable bonds is 3. The van der Waals surface area contributed by atoms with E-state index < -0.39 is 11.9 Å². The summed E-state index contributed by atoms with van der Waals surface area (Å²) in [6.07, 6.45) is 1.79. The van der Waals surface area contributed by atoms with Crippen LogP contribution in [0.2, 0.25) is 0 Å². The first-order valence-corrected chi connectivity index (χ1v) is 8.57. The van der Waals surface area contributed by atoms with Crippen LogP contribution in [0, 0.1) is 0 Å². The van der Waals surface area contributed by atoms with Crippen LogP contribution in [0.5, 0.6) is 0 Å². The Morgan fingerprint density at radius 1 is 1.32 bits per heavy atom. The fourth-order valence-electron chi connectivity index (χ4n) is 2.73. The second-order valence-corrected chi connectivity index (χ2v) is 6.65. The summed E-state index contributed by atoms with van der Waals surface area (Å²) in [7, 11) is 1.29. The van der Waals surface area contributed by atoms with Crippen LogP contribution in [0.1, 0.15) is 27.7 Å². The Kier molecular flexibility index (Phi) is 4.93. The number of hydrogen-bond acceptors (Lipinski definition) is 7. The molecule has 0 radical (unpaired) electrons. The molecule has 9 heteroatoms. The van der Waals surface area contributed by atoms with Crippen molar-refractivity contribution in [3.63, 3.8) is 0 Å². The molecule has 0 unspecified atom stereocenters. The van der Waals surface area contributed by atoms with Gasteiger partial charge in [0.05, 0.1) is 19.2 Å². The summed E-state index contributed by atoms with van der Waals surface area (Å²) in [4.78, 5) is 38.7. The number of esters is 1. The lowest BCUT2D eigenvalue weighted by Crippen LogP contribution is -2.33. The van der Waals surface area contributed by atoms with Crippen molar-refractivity contribution in [2.24, 2.45) is 0 Å². The van der Waals surface area contributed by atoms with Gasteiger partial charge >= 0.3 is 5.97 Å². The number of fused-ring (bicyclic) bond motifs is 1. The van der Waals surface area contributed by atoms with E-state index in [1.807, 2.05) is 0 Å². The maximum atomic E-state index is 12.3. The summed E-state index contributed by atoms with van der Waals surface area (Å²) in [5.41, 5.74) is 1.16. The highest BCUT2D eigenvalue weighted by atomic mass is 32.1. The number of carbonyl (C=O) groups is 3. The average Bonchev–Trinajstić information content (AvgIpc) is 2.98. The molecular formula is C16H18N2O6S. The molecule has 2 amide bonds. The van der Waals surface area contributed by atoms with Crippen LogP contribution in [0.25, 0.3) is 0 Å². The topological polar surface area (TPSA) is 94.2 Å². The van der Waals surface area contributed by atoms with E-state index in [2.05, 4.69) is 5.32 Å². The predicted octanol–water partition coefficient (Wildman–Crippen LogP) is 1.27. The van der Waals surface area contributed by atoms with Gasteiger partial charge in [-0.3, -0.25) is 9.59 Å². The molecule has 25 heavy (non-hydrogen) atoms. The van der Waals surface area contributed by atoms with Crippen molar-refractivity contribution in [3.05, 3.63) is 28.0 Å². The van der Waals surface area contributed by atoms with Crippen LogP contribution >= 0.6 is 11.3 Å². The first-order chi connectivity index (χ1) is 12.0. The minimum absolute atomic E-state index is 0.0258. The van der Waals surface area contributed by atoms with Crippen LogP contribution < -0.4 is 5.32 Å². The Morgan fingerprint density at radius 3 is 2.76 bits per heavy atom. The predicted molar refractivity (Wildman–Crippen MR) is 89.1 cm³/mol. The van der Waals surface area contributed by atoms with Gasteiger partial charge in [0, 0.05) is 18.3 Å². The first-order valence-electron chi connectivity index (χ1n) is 7.75. The number of methoxy groups -OCH3 is 1. The van der Waals surface area contributed by atoms with Crippen molar-refractivity contribution < 1.29 is 28.6 Å². The molecule has 0 aromatic carbocycles. The summed E-state index contributed by atoms with van der Waals surface area (Å²) >= 11 is 1.27. The lowest BCUT2D eigenvalue weighted by atomic mass is 10.0. The quantitative estimate of drug-likeness (QED) is 0.810. The zero-order valence-corrected chi connectivity index (χ0v) is 14.7. The lowest BCUT2D eigenvalue weighted by molar-refractivity contribution is -0.129. The van der Waals surface area contributed by atoms with E-state index in [9.17, 15) is 14.4 Å². The molecule has 2 aliphatic rings. The van der Waals surface area contributed by atoms with Gasteiger partial charge in [0.2, 0.25) is 11.7 Å². The smallest absolute Gasteiger partial charge is 0.341 e. The number of ether oxygens (including phenoxy) is 3. The highest BCUT2D eigenvalue weighted by Crippen LogP contribution is 2.37. The van der Waals surface area contributed by atoms with Crippen molar-refractivity contribution >= 4 is 34.1 Å². The number of carbonyl (C=O) groups excluding carboxylic acids is 3. The number of anilines is 1. The molecule has 2 aliphatic heterocycles. The number of thiophene rings is 1. The summed E-state index contributed by atoms with van der Waals surface area (Å²) in [5.74, 6) is -0.980. The SMILES string of the molecule is COC(=O)c1c(NC(=O)C2=COCCO2)sc2c1CCN(C(C)=O)C2. The largest absolute Gasteiger partial charge is 0.494 e. The highest BCUT2D eigenvalue weighted by Gasteiger charge is 2.30. The summed E-state index contributed by atoms with van der Waals surface area (Å²) in [6, 6.07) is 0. The molecule has 1 aromatic heterocycles. The van der Waals surface area contributed by atoms with Crippen LogP contribution in [-0.4, -0.2) is 49.6 Å². The third-order valence-corrected chi connectivity index (χ3v) is 5.12. The summed E-state index contributed by atoms with van der Waals surface area (Å²) in [5, 5.41) is 3.09. The van der Waals surface area contributed by atoms with Gasteiger partial charge in [-0.05, 0) is 12.0 Å². The third kappa shape index (κ3) is 3.46. The Labute approximate surface area is 148 Å². The fourth-order valence-corrected chi connectivity index (χ4v) is 3.98. The molecular weight excluding hydrogens is 348 g/mol. The number of amides is 2. The molecule has 8 nitrogen and oxygen atoms in total. The first kappa shape index (κ1) is 17.3. The second kappa shape index (κ2) is 7.14. The van der Waals surface area contributed by atoms with Gasteiger partial charge in [-0.1, -0.05) is 0 Å². The van der Waals surface area contributed by atoms with Crippen LogP contribution in [-0.2, 0) is 36.8 Å². The fraction of sp³-hybridized carbons (Fsp3) is 0.438. The zero-order chi connectivity index (χ0) is 18.0. The Hall–Kier alpha value is -2.55. The van der Waals surface area contributed by atoms with Crippen LogP contribution in [0.15, 0.2) is 12.0 Å². The number of nitrogens with zero attached hydrogens (tertiary/aromatic N) is 1. The molecule has 1 N–H and O–H groups in total. The standard InChI is InChI=1S/C16H18N2O6S/c1-9(19)18-4-3-10-12(7-18)25-15(13(10)16(21)22-2)17-14(20)11-8-23-5-6-24-11/h8H,3-7H2,1-2H3,(H,17,20). The Morgan fingerprint density at radius 2 is 2.12 bits per heavy atom. The molecule has 134 valence electrons. The van der Waals surface area contributed by atoms with Crippen molar-refractivity contribution in [1.82, 2.24) is 4.90 Å². The van der Waals surface area contributed by atoms with Gasteiger partial charge < -0.3 is 24.4 Å². The lowest BCUT2D eigenvalue weighted by Gasteiger charge is -2.25. The molecule has 0 saturated carbocycles. The minimum atomic E-state index is -0.515. The van der Waals surface area contributed by atoms with E-state index in [1.54, 1.807) is 4.90 Å². The summed E-state index contributed by atoms with van der Waals surface area (Å²) in [6.45, 7) is 3.13. The zero-order valence-electron chi connectivity index (χ0n) is 13.9. The van der Waals surface area contributed by atoms with Gasteiger partial charge in [0.1, 0.15) is 24.5 Å². The maximum Gasteiger partial charge on any atom is 0.341 e. The average molecular weight is 366 g/mol. The molecule has 3 heterocycles. The van der Waals surface area contributed by atoms with Crippen LogP contribution in [0.3, 0.4) is 0 Å². The molecule has 0 aliphatic carbocycles. The van der Waals surface area contributed by atoms with Gasteiger partial charge in [0.25, 0.3) is 5.91 Å². The maximum absolute atomic E-state index is 12.3. The van der Waals surface area contributed by atoms with Crippen molar-refractivity contribution in [3.8, 4) is 0 Å². The van der Waals surface area contributed by atoms with Gasteiger partial charge in [-0.2, -0.15) is 0 Å². The minimum Gasteiger partial charge on any atom is -0.494 e. The Bertz CT molecular complexity index is 754. The van der Waals surface area contributed by atoms with Gasteiger partial charge in [-0.25, -0.2) is 4.79 Å². The number of hydrogen-bond donors (Lipinski definition) is 1. The third-order valence-electron chi connectivity index (χ3n) is 3.99. The Balaban J connectivity index is 1.90. The van der Waals surface area contributed by atoms with E-state index in [4.69, 9.17) is 14.2 Å². The number of nitrogens with one attached hydrogen (secondary N) is 1. The monoisotopic (exact) mass is 366 g/mol. The van der Waals surface area contributed by atoms with E-state index in [-0.39, 0.29) is 18.3 Å². The molecule has 3 rings (SSSR count). The highest BCUT2D eigenvalue weighted by molar-refractivity contribution is 7.17. The van der Waals surface area contributed by atoms with Crippen molar-refractivity contribution in [1.29, 1.82) is 0 Å². The molecule has 0 fully saturated rings. The molecule has 0 bridgehead atoms. The molecule has 1 aromatic rings. The van der Waals surface area contributed by atoms with Crippen molar-refractivity contribution in [2.45, 2.75) is 19.9 Å². The van der Waals surface area contributed by atoms with Gasteiger partial charge in [0.15, 0.2) is 0 Å². The van der Waals surface area contributed by atoms with Gasteiger partial charge in [-0.15, -0.1) is 11.3 Å². The second-order valence-electron chi connectivity index (χ2n) is 5.55. The van der Waals surface area contributed by atoms with E-state index in [0.29, 0.717) is 36.7 Å². The molecule has 0 spiro atoms. The van der Waals surface area contributed by atoms with E-state index in [0.717, 1.165) is 10.4 Å². The van der Waals surface area contributed by atoms with Crippen molar-refractivity contribution in [2.75, 3.05) is 32.2 Å².